The molecule has 0 spiro atoms. The first kappa shape index (κ1) is 22.7. The Balaban J connectivity index is 2.16. The zero-order valence-electron chi connectivity index (χ0n) is 15.5. The molecule has 8 heteroatoms. The predicted octanol–water partition coefficient (Wildman–Crippen LogP) is 4.80. The molecular weight excluding hydrogens is 511 g/mol. The third kappa shape index (κ3) is 6.50. The maximum atomic E-state index is 12.9. The molecule has 1 N–H and O–H groups in total. The fraction of sp³-hybridized carbons (Fsp3) is 0.300. The van der Waals surface area contributed by atoms with Gasteiger partial charge >= 0.3 is 0 Å². The van der Waals surface area contributed by atoms with Gasteiger partial charge in [0.1, 0.15) is 11.8 Å². The molecule has 0 bridgehead atoms. The molecule has 0 saturated carbocycles. The number of nitrogens with one attached hydrogen (secondary N) is 1. The normalized spacial score (nSPS) is 11.6. The molecule has 0 aliphatic rings. The van der Waals surface area contributed by atoms with E-state index >= 15 is 0 Å². The fourth-order valence-corrected chi connectivity index (χ4v) is 3.80. The quantitative estimate of drug-likeness (QED) is 0.532. The van der Waals surface area contributed by atoms with Crippen LogP contribution in [0.4, 0.5) is 0 Å². The summed E-state index contributed by atoms with van der Waals surface area (Å²) in [7, 11) is 0. The van der Waals surface area contributed by atoms with Crippen molar-refractivity contribution in [1.82, 2.24) is 10.2 Å². The molecule has 0 aromatic heterocycles. The number of carbonyl (C=O) groups is 2. The third-order valence-electron chi connectivity index (χ3n) is 4.01. The molecule has 150 valence electrons. The van der Waals surface area contributed by atoms with Crippen LogP contribution in [-0.4, -0.2) is 35.9 Å². The SMILES string of the molecule is CCNC(=O)[C@@H](C)N(Cc1cccc(Br)c1)C(=O)COc1ccc(Cl)cc1Br. The number of hydrogen-bond donors (Lipinski definition) is 1. The van der Waals surface area contributed by atoms with Crippen LogP contribution in [0.1, 0.15) is 19.4 Å². The van der Waals surface area contributed by atoms with E-state index in [9.17, 15) is 9.59 Å². The Morgan fingerprint density at radius 2 is 1.96 bits per heavy atom. The highest BCUT2D eigenvalue weighted by Crippen LogP contribution is 2.28. The minimum absolute atomic E-state index is 0.196. The number of hydrogen-bond acceptors (Lipinski definition) is 3. The molecule has 2 amide bonds. The second-order valence-electron chi connectivity index (χ2n) is 6.09. The van der Waals surface area contributed by atoms with Gasteiger partial charge in [-0.15, -0.1) is 0 Å². The van der Waals surface area contributed by atoms with Crippen LogP contribution in [-0.2, 0) is 16.1 Å². The zero-order chi connectivity index (χ0) is 20.7. The summed E-state index contributed by atoms with van der Waals surface area (Å²) in [5, 5.41) is 3.32. The molecule has 0 saturated heterocycles. The summed E-state index contributed by atoms with van der Waals surface area (Å²) in [5.41, 5.74) is 0.909. The van der Waals surface area contributed by atoms with E-state index in [0.717, 1.165) is 10.0 Å². The summed E-state index contributed by atoms with van der Waals surface area (Å²) in [6.07, 6.45) is 0. The van der Waals surface area contributed by atoms with Crippen molar-refractivity contribution in [1.29, 1.82) is 0 Å². The van der Waals surface area contributed by atoms with Crippen molar-refractivity contribution >= 4 is 55.3 Å². The summed E-state index contributed by atoms with van der Waals surface area (Å²) in [4.78, 5) is 26.7. The Morgan fingerprint density at radius 1 is 1.21 bits per heavy atom. The zero-order valence-corrected chi connectivity index (χ0v) is 19.5. The maximum absolute atomic E-state index is 12.9. The average molecular weight is 533 g/mol. The lowest BCUT2D eigenvalue weighted by Crippen LogP contribution is -2.49. The van der Waals surface area contributed by atoms with Crippen molar-refractivity contribution in [2.24, 2.45) is 0 Å². The van der Waals surface area contributed by atoms with Gasteiger partial charge in [0.25, 0.3) is 5.91 Å². The minimum Gasteiger partial charge on any atom is -0.483 e. The Morgan fingerprint density at radius 3 is 2.61 bits per heavy atom. The summed E-state index contributed by atoms with van der Waals surface area (Å²) >= 11 is 12.7. The smallest absolute Gasteiger partial charge is 0.261 e. The van der Waals surface area contributed by atoms with Crippen molar-refractivity contribution in [3.63, 3.8) is 0 Å². The topological polar surface area (TPSA) is 58.6 Å². The second-order valence-corrected chi connectivity index (χ2v) is 8.29. The number of halogens is 3. The largest absolute Gasteiger partial charge is 0.483 e. The second kappa shape index (κ2) is 10.8. The standard InChI is InChI=1S/C20H21Br2ClN2O3/c1-3-24-20(27)13(2)25(11-14-5-4-6-15(21)9-14)19(26)12-28-18-8-7-16(23)10-17(18)22/h4-10,13H,3,11-12H2,1-2H3,(H,24,27)/t13-/m1/s1. The van der Waals surface area contributed by atoms with Crippen LogP contribution in [0, 0.1) is 0 Å². The number of nitrogens with zero attached hydrogens (tertiary/aromatic N) is 1. The molecule has 0 radical (unpaired) electrons. The van der Waals surface area contributed by atoms with Gasteiger partial charge in [0, 0.05) is 22.6 Å². The maximum Gasteiger partial charge on any atom is 0.261 e. The van der Waals surface area contributed by atoms with Gasteiger partial charge in [-0.05, 0) is 65.7 Å². The van der Waals surface area contributed by atoms with Gasteiger partial charge in [-0.3, -0.25) is 9.59 Å². The van der Waals surface area contributed by atoms with Crippen molar-refractivity contribution in [3.05, 3.63) is 62.0 Å². The Hall–Kier alpha value is -1.57. The van der Waals surface area contributed by atoms with Gasteiger partial charge in [-0.1, -0.05) is 39.7 Å². The van der Waals surface area contributed by atoms with Crippen LogP contribution in [0.15, 0.2) is 51.4 Å². The van der Waals surface area contributed by atoms with Crippen molar-refractivity contribution in [3.8, 4) is 5.75 Å². The highest BCUT2D eigenvalue weighted by atomic mass is 79.9. The molecule has 5 nitrogen and oxygen atoms in total. The molecule has 2 aromatic carbocycles. The van der Waals surface area contributed by atoms with Crippen molar-refractivity contribution in [2.45, 2.75) is 26.4 Å². The summed E-state index contributed by atoms with van der Waals surface area (Å²) in [6.45, 7) is 4.14. The van der Waals surface area contributed by atoms with Gasteiger partial charge < -0.3 is 15.0 Å². The fourth-order valence-electron chi connectivity index (χ4n) is 2.55. The van der Waals surface area contributed by atoms with E-state index in [1.54, 1.807) is 25.1 Å². The van der Waals surface area contributed by atoms with Crippen LogP contribution in [0.25, 0.3) is 0 Å². The first-order valence-corrected chi connectivity index (χ1v) is 10.7. The third-order valence-corrected chi connectivity index (χ3v) is 5.35. The lowest BCUT2D eigenvalue weighted by atomic mass is 10.1. The molecule has 0 unspecified atom stereocenters. The lowest BCUT2D eigenvalue weighted by molar-refractivity contribution is -0.142. The van der Waals surface area contributed by atoms with E-state index in [1.165, 1.54) is 4.90 Å². The minimum atomic E-state index is -0.635. The molecule has 2 rings (SSSR count). The van der Waals surface area contributed by atoms with E-state index in [4.69, 9.17) is 16.3 Å². The molecular formula is C20H21Br2ClN2O3. The summed E-state index contributed by atoms with van der Waals surface area (Å²) in [5.74, 6) is 0.00455. The van der Waals surface area contributed by atoms with E-state index < -0.39 is 6.04 Å². The van der Waals surface area contributed by atoms with Crippen LogP contribution in [0.2, 0.25) is 5.02 Å². The molecule has 28 heavy (non-hydrogen) atoms. The highest BCUT2D eigenvalue weighted by molar-refractivity contribution is 9.10. The lowest BCUT2D eigenvalue weighted by Gasteiger charge is -2.28. The molecule has 0 heterocycles. The van der Waals surface area contributed by atoms with E-state index in [2.05, 4.69) is 37.2 Å². The van der Waals surface area contributed by atoms with Crippen LogP contribution in [0.3, 0.4) is 0 Å². The van der Waals surface area contributed by atoms with Crippen LogP contribution >= 0.6 is 43.5 Å². The van der Waals surface area contributed by atoms with Crippen LogP contribution < -0.4 is 10.1 Å². The number of rotatable bonds is 8. The summed E-state index contributed by atoms with van der Waals surface area (Å²) in [6, 6.07) is 12.0. The van der Waals surface area contributed by atoms with E-state index in [-0.39, 0.29) is 18.4 Å². The highest BCUT2D eigenvalue weighted by Gasteiger charge is 2.26. The van der Waals surface area contributed by atoms with E-state index in [0.29, 0.717) is 28.3 Å². The van der Waals surface area contributed by atoms with Crippen molar-refractivity contribution in [2.75, 3.05) is 13.2 Å². The molecule has 0 aliphatic heterocycles. The van der Waals surface area contributed by atoms with Crippen LogP contribution in [0.5, 0.6) is 5.75 Å². The van der Waals surface area contributed by atoms with Gasteiger partial charge in [-0.2, -0.15) is 0 Å². The Kier molecular flexibility index (Phi) is 8.79. The molecule has 0 fully saturated rings. The molecule has 2 aromatic rings. The van der Waals surface area contributed by atoms with Gasteiger partial charge in [0.2, 0.25) is 5.91 Å². The molecule has 1 atom stereocenters. The Labute approximate surface area is 186 Å². The number of benzene rings is 2. The number of likely N-dealkylation sites (N-methyl/N-ethyl adjacent to an activating group) is 1. The van der Waals surface area contributed by atoms with Crippen molar-refractivity contribution < 1.29 is 14.3 Å². The van der Waals surface area contributed by atoms with Gasteiger partial charge in [0.15, 0.2) is 6.61 Å². The van der Waals surface area contributed by atoms with Gasteiger partial charge in [-0.25, -0.2) is 0 Å². The number of carbonyl (C=O) groups excluding carboxylic acids is 2. The average Bonchev–Trinajstić information content (AvgIpc) is 2.65. The number of ether oxygens (including phenoxy) is 1. The predicted molar refractivity (Wildman–Crippen MR) is 117 cm³/mol. The van der Waals surface area contributed by atoms with E-state index in [1.807, 2.05) is 31.2 Å². The number of amides is 2. The first-order valence-electron chi connectivity index (χ1n) is 8.71. The molecule has 0 aliphatic carbocycles. The summed E-state index contributed by atoms with van der Waals surface area (Å²) < 4.78 is 7.21. The monoisotopic (exact) mass is 530 g/mol. The first-order chi connectivity index (χ1) is 13.3. The Bertz CT molecular complexity index is 848. The van der Waals surface area contributed by atoms with Gasteiger partial charge in [0.05, 0.1) is 4.47 Å².